The summed E-state index contributed by atoms with van der Waals surface area (Å²) in [6.07, 6.45) is 0. The number of carbonyl (C=O) groups excluding carboxylic acids is 2. The summed E-state index contributed by atoms with van der Waals surface area (Å²) in [6.45, 7) is -0.397. The third kappa shape index (κ3) is 4.06. The lowest BCUT2D eigenvalue weighted by molar-refractivity contribution is -0.116. The quantitative estimate of drug-likeness (QED) is 0.622. The first-order valence-corrected chi connectivity index (χ1v) is 10.6. The van der Waals surface area contributed by atoms with Gasteiger partial charge in [-0.1, -0.05) is 30.3 Å². The third-order valence-electron chi connectivity index (χ3n) is 4.11. The monoisotopic (exact) mass is 418 g/mol. The van der Waals surface area contributed by atoms with E-state index in [4.69, 9.17) is 0 Å². The van der Waals surface area contributed by atoms with Crippen LogP contribution in [0.1, 0.15) is 9.67 Å². The average Bonchev–Trinajstić information content (AvgIpc) is 3.14. The summed E-state index contributed by atoms with van der Waals surface area (Å²) in [5.74, 6) is -1.13. The summed E-state index contributed by atoms with van der Waals surface area (Å²) >= 11 is 1.13. The Labute approximate surface area is 166 Å². The van der Waals surface area contributed by atoms with Gasteiger partial charge in [0.25, 0.3) is 0 Å². The molecular formula is C19H18N2O5S2. The largest absolute Gasteiger partial charge is 0.465 e. The van der Waals surface area contributed by atoms with E-state index in [1.807, 2.05) is 24.3 Å². The van der Waals surface area contributed by atoms with Crippen LogP contribution in [0.2, 0.25) is 0 Å². The van der Waals surface area contributed by atoms with E-state index in [2.05, 4.69) is 10.1 Å². The lowest BCUT2D eigenvalue weighted by atomic mass is 10.1. The number of benzene rings is 2. The molecule has 0 saturated heterocycles. The molecule has 28 heavy (non-hydrogen) atoms. The van der Waals surface area contributed by atoms with Crippen molar-refractivity contribution in [1.82, 2.24) is 4.31 Å². The molecule has 0 bridgehead atoms. The fourth-order valence-electron chi connectivity index (χ4n) is 2.64. The SMILES string of the molecule is COC(=O)c1sccc1NC(=O)CN(C)S(=O)(=O)c1ccc2ccccc2c1. The van der Waals surface area contributed by atoms with E-state index in [1.54, 1.807) is 23.6 Å². The van der Waals surface area contributed by atoms with Gasteiger partial charge in [0.15, 0.2) is 0 Å². The van der Waals surface area contributed by atoms with Crippen LogP contribution in [0, 0.1) is 0 Å². The Kier molecular flexibility index (Phi) is 5.78. The van der Waals surface area contributed by atoms with Crippen molar-refractivity contribution in [1.29, 1.82) is 0 Å². The van der Waals surface area contributed by atoms with Crippen molar-refractivity contribution in [2.75, 3.05) is 26.0 Å². The first kappa shape index (κ1) is 20.0. The molecule has 0 aliphatic heterocycles. The molecule has 0 spiro atoms. The lowest BCUT2D eigenvalue weighted by Gasteiger charge is -2.17. The van der Waals surface area contributed by atoms with Gasteiger partial charge in [-0.25, -0.2) is 13.2 Å². The molecule has 0 saturated carbocycles. The Morgan fingerprint density at radius 1 is 1.11 bits per heavy atom. The number of rotatable bonds is 6. The van der Waals surface area contributed by atoms with Crippen LogP contribution in [0.3, 0.4) is 0 Å². The Hall–Kier alpha value is -2.75. The number of anilines is 1. The second-order valence-electron chi connectivity index (χ2n) is 5.97. The number of hydrogen-bond donors (Lipinski definition) is 1. The predicted molar refractivity (Wildman–Crippen MR) is 108 cm³/mol. The maximum atomic E-state index is 12.8. The highest BCUT2D eigenvalue weighted by molar-refractivity contribution is 7.89. The van der Waals surface area contributed by atoms with Crippen LogP contribution in [-0.2, 0) is 19.6 Å². The van der Waals surface area contributed by atoms with Crippen LogP contribution in [-0.4, -0.2) is 45.3 Å². The lowest BCUT2D eigenvalue weighted by Crippen LogP contribution is -2.35. The van der Waals surface area contributed by atoms with E-state index in [1.165, 1.54) is 20.2 Å². The molecule has 146 valence electrons. The number of ether oxygens (including phenoxy) is 1. The number of sulfonamides is 1. The number of hydrogen-bond acceptors (Lipinski definition) is 6. The highest BCUT2D eigenvalue weighted by Gasteiger charge is 2.24. The van der Waals surface area contributed by atoms with Crippen molar-refractivity contribution in [3.63, 3.8) is 0 Å². The smallest absolute Gasteiger partial charge is 0.350 e. The Balaban J connectivity index is 1.75. The maximum Gasteiger partial charge on any atom is 0.350 e. The van der Waals surface area contributed by atoms with Gasteiger partial charge in [-0.2, -0.15) is 4.31 Å². The van der Waals surface area contributed by atoms with Crippen LogP contribution in [0.5, 0.6) is 0 Å². The fraction of sp³-hybridized carbons (Fsp3) is 0.158. The van der Waals surface area contributed by atoms with Crippen molar-refractivity contribution in [2.45, 2.75) is 4.90 Å². The van der Waals surface area contributed by atoms with Crippen molar-refractivity contribution < 1.29 is 22.7 Å². The van der Waals surface area contributed by atoms with Crippen LogP contribution >= 0.6 is 11.3 Å². The van der Waals surface area contributed by atoms with Crippen LogP contribution < -0.4 is 5.32 Å². The summed E-state index contributed by atoms with van der Waals surface area (Å²) in [4.78, 5) is 24.3. The molecule has 1 N–H and O–H groups in total. The molecule has 3 rings (SSSR count). The number of nitrogens with one attached hydrogen (secondary N) is 1. The zero-order valence-corrected chi connectivity index (χ0v) is 16.8. The topological polar surface area (TPSA) is 92.8 Å². The van der Waals surface area contributed by atoms with Crippen molar-refractivity contribution >= 4 is 49.7 Å². The summed E-state index contributed by atoms with van der Waals surface area (Å²) in [5, 5.41) is 5.91. The number of nitrogens with zero attached hydrogens (tertiary/aromatic N) is 1. The Morgan fingerprint density at radius 2 is 1.82 bits per heavy atom. The Morgan fingerprint density at radius 3 is 2.54 bits per heavy atom. The van der Waals surface area contributed by atoms with E-state index in [0.717, 1.165) is 26.4 Å². The van der Waals surface area contributed by atoms with Gasteiger partial charge in [0.2, 0.25) is 15.9 Å². The number of esters is 1. The normalized spacial score (nSPS) is 11.5. The summed E-state index contributed by atoms with van der Waals surface area (Å²) in [5.41, 5.74) is 0.290. The molecule has 9 heteroatoms. The zero-order chi connectivity index (χ0) is 20.3. The molecule has 0 atom stereocenters. The van der Waals surface area contributed by atoms with E-state index in [9.17, 15) is 18.0 Å². The number of methoxy groups -OCH3 is 1. The second-order valence-corrected chi connectivity index (χ2v) is 8.93. The molecule has 0 aliphatic rings. The highest BCUT2D eigenvalue weighted by Crippen LogP contribution is 2.24. The third-order valence-corrected chi connectivity index (χ3v) is 6.80. The predicted octanol–water partition coefficient (Wildman–Crippen LogP) is 2.95. The number of fused-ring (bicyclic) bond motifs is 1. The van der Waals surface area contributed by atoms with Crippen LogP contribution in [0.4, 0.5) is 5.69 Å². The first-order chi connectivity index (χ1) is 13.3. The van der Waals surface area contributed by atoms with Crippen LogP contribution in [0.15, 0.2) is 58.8 Å². The molecule has 2 aromatic carbocycles. The molecule has 3 aromatic rings. The highest BCUT2D eigenvalue weighted by atomic mass is 32.2. The minimum Gasteiger partial charge on any atom is -0.465 e. The number of likely N-dealkylation sites (N-methyl/N-ethyl adjacent to an activating group) is 1. The van der Waals surface area contributed by atoms with E-state index in [0.29, 0.717) is 5.69 Å². The molecule has 0 unspecified atom stereocenters. The fourth-order valence-corrected chi connectivity index (χ4v) is 4.57. The Bertz CT molecular complexity index is 1140. The van der Waals surface area contributed by atoms with E-state index < -0.39 is 28.4 Å². The molecular weight excluding hydrogens is 400 g/mol. The molecule has 0 radical (unpaired) electrons. The molecule has 0 aliphatic carbocycles. The second kappa shape index (κ2) is 8.09. The van der Waals surface area contributed by atoms with Crippen molar-refractivity contribution in [3.8, 4) is 0 Å². The van der Waals surface area contributed by atoms with Crippen LogP contribution in [0.25, 0.3) is 10.8 Å². The van der Waals surface area contributed by atoms with Gasteiger partial charge < -0.3 is 10.1 Å². The minimum absolute atomic E-state index is 0.104. The molecule has 1 heterocycles. The van der Waals surface area contributed by atoms with Gasteiger partial charge in [0.05, 0.1) is 24.2 Å². The van der Waals surface area contributed by atoms with E-state index in [-0.39, 0.29) is 9.77 Å². The van der Waals surface area contributed by atoms with Gasteiger partial charge in [0.1, 0.15) is 4.88 Å². The summed E-state index contributed by atoms with van der Waals surface area (Å²) < 4.78 is 31.2. The van der Waals surface area contributed by atoms with Crippen molar-refractivity contribution in [3.05, 3.63) is 58.8 Å². The van der Waals surface area contributed by atoms with Gasteiger partial charge in [0, 0.05) is 7.05 Å². The summed E-state index contributed by atoms with van der Waals surface area (Å²) in [6, 6.07) is 13.8. The minimum atomic E-state index is -3.85. The molecule has 1 aromatic heterocycles. The standard InChI is InChI=1S/C19H18N2O5S2/c1-21(12-17(22)20-16-9-10-27-18(16)19(23)26-2)28(24,25)15-8-7-13-5-3-4-6-14(13)11-15/h3-11H,12H2,1-2H3,(H,20,22). The van der Waals surface area contributed by atoms with Gasteiger partial charge >= 0.3 is 5.97 Å². The number of carbonyl (C=O) groups is 2. The molecule has 0 fully saturated rings. The van der Waals surface area contributed by atoms with Gasteiger partial charge in [-0.05, 0) is 34.4 Å². The number of amides is 1. The van der Waals surface area contributed by atoms with E-state index >= 15 is 0 Å². The average molecular weight is 418 g/mol. The molecule has 7 nitrogen and oxygen atoms in total. The molecule has 1 amide bonds. The van der Waals surface area contributed by atoms with Crippen molar-refractivity contribution in [2.24, 2.45) is 0 Å². The van der Waals surface area contributed by atoms with Gasteiger partial charge in [-0.3, -0.25) is 4.79 Å². The maximum absolute atomic E-state index is 12.8. The number of thiophene rings is 1. The summed E-state index contributed by atoms with van der Waals surface area (Å²) in [7, 11) is -1.27. The zero-order valence-electron chi connectivity index (χ0n) is 15.2. The van der Waals surface area contributed by atoms with Gasteiger partial charge in [-0.15, -0.1) is 11.3 Å². The first-order valence-electron chi connectivity index (χ1n) is 8.23.